The van der Waals surface area contributed by atoms with Crippen molar-refractivity contribution >= 4 is 0 Å². The zero-order valence-electron chi connectivity index (χ0n) is 9.99. The van der Waals surface area contributed by atoms with E-state index in [1.807, 2.05) is 0 Å². The highest BCUT2D eigenvalue weighted by atomic mass is 19.2. The molecule has 4 heteroatoms. The highest BCUT2D eigenvalue weighted by molar-refractivity contribution is 5.32. The van der Waals surface area contributed by atoms with Crippen LogP contribution in [-0.2, 0) is 12.1 Å². The summed E-state index contributed by atoms with van der Waals surface area (Å²) in [4.78, 5) is 0. The molecule has 1 nitrogen and oxygen atoms in total. The summed E-state index contributed by atoms with van der Waals surface area (Å²) in [6, 6.07) is 2.29. The molecule has 2 N–H and O–H groups in total. The molecule has 1 saturated carbocycles. The van der Waals surface area contributed by atoms with Gasteiger partial charge in [-0.3, -0.25) is 0 Å². The number of halogens is 3. The van der Waals surface area contributed by atoms with E-state index in [1.54, 1.807) is 0 Å². The fourth-order valence-electron chi connectivity index (χ4n) is 1.83. The van der Waals surface area contributed by atoms with Crippen LogP contribution in [0.3, 0.4) is 0 Å². The first-order valence-corrected chi connectivity index (χ1v) is 5.67. The number of nitrogens with two attached hydrogens (primary N) is 1. The molecule has 1 fully saturated rings. The summed E-state index contributed by atoms with van der Waals surface area (Å²) in [6.45, 7) is 2.64. The van der Waals surface area contributed by atoms with Crippen molar-refractivity contribution in [3.05, 3.63) is 34.9 Å². The number of rotatable bonds is 3. The van der Waals surface area contributed by atoms with Crippen LogP contribution in [-0.4, -0.2) is 5.54 Å². The molecule has 0 radical (unpaired) electrons. The van der Waals surface area contributed by atoms with Crippen LogP contribution in [0, 0.1) is 11.6 Å². The summed E-state index contributed by atoms with van der Waals surface area (Å²) >= 11 is 0. The van der Waals surface area contributed by atoms with Crippen LogP contribution in [0.15, 0.2) is 12.1 Å². The van der Waals surface area contributed by atoms with E-state index in [1.165, 1.54) is 19.9 Å². The fourth-order valence-corrected chi connectivity index (χ4v) is 1.83. The van der Waals surface area contributed by atoms with Crippen molar-refractivity contribution in [2.24, 2.45) is 5.73 Å². The lowest BCUT2D eigenvalue weighted by molar-refractivity contribution is 0.220. The predicted molar refractivity (Wildman–Crippen MR) is 60.3 cm³/mol. The van der Waals surface area contributed by atoms with Gasteiger partial charge >= 0.3 is 0 Å². The summed E-state index contributed by atoms with van der Waals surface area (Å²) < 4.78 is 40.7. The molecule has 0 unspecified atom stereocenters. The molecule has 1 aromatic carbocycles. The quantitative estimate of drug-likeness (QED) is 0.866. The second-order valence-corrected chi connectivity index (χ2v) is 5.44. The van der Waals surface area contributed by atoms with E-state index in [0.717, 1.165) is 18.9 Å². The average Bonchev–Trinajstić information content (AvgIpc) is 2.89. The highest BCUT2D eigenvalue weighted by Gasteiger charge is 2.39. The van der Waals surface area contributed by atoms with Gasteiger partial charge < -0.3 is 5.73 Å². The van der Waals surface area contributed by atoms with E-state index >= 15 is 0 Å². The van der Waals surface area contributed by atoms with Crippen molar-refractivity contribution in [2.45, 2.75) is 44.3 Å². The third-order valence-electron chi connectivity index (χ3n) is 3.22. The summed E-state index contributed by atoms with van der Waals surface area (Å²) in [5.41, 5.74) is 4.08. The van der Waals surface area contributed by atoms with E-state index in [4.69, 9.17) is 5.73 Å². The van der Waals surface area contributed by atoms with E-state index < -0.39 is 22.8 Å². The number of alkyl halides is 1. The van der Waals surface area contributed by atoms with Gasteiger partial charge in [-0.25, -0.2) is 13.2 Å². The molecule has 2 rings (SSSR count). The first-order chi connectivity index (χ1) is 7.71. The van der Waals surface area contributed by atoms with Gasteiger partial charge in [0.25, 0.3) is 0 Å². The number of benzene rings is 1. The van der Waals surface area contributed by atoms with Gasteiger partial charge in [0.2, 0.25) is 0 Å². The molecular weight excluding hydrogens is 227 g/mol. The Hall–Kier alpha value is -1.03. The molecule has 0 heterocycles. The standard InChI is InChI=1S/C13H16F3N/c1-12(2,16)9-5-8(7-13(17)3-4-13)11(15)10(14)6-9/h5-6H,3-4,7,17H2,1-2H3. The Bertz CT molecular complexity index is 445. The van der Waals surface area contributed by atoms with Gasteiger partial charge in [-0.15, -0.1) is 0 Å². The molecular formula is C13H16F3N. The van der Waals surface area contributed by atoms with Gasteiger partial charge in [-0.1, -0.05) is 0 Å². The van der Waals surface area contributed by atoms with E-state index in [0.29, 0.717) is 0 Å². The highest BCUT2D eigenvalue weighted by Crippen LogP contribution is 2.37. The maximum absolute atomic E-state index is 13.7. The molecule has 0 bridgehead atoms. The minimum atomic E-state index is -1.69. The van der Waals surface area contributed by atoms with Crippen molar-refractivity contribution in [3.8, 4) is 0 Å². The van der Waals surface area contributed by atoms with Crippen molar-refractivity contribution in [1.29, 1.82) is 0 Å². The van der Waals surface area contributed by atoms with Crippen molar-refractivity contribution in [2.75, 3.05) is 0 Å². The SMILES string of the molecule is CC(C)(F)c1cc(F)c(F)c(CC2(N)CC2)c1. The Balaban J connectivity index is 2.39. The van der Waals surface area contributed by atoms with Crippen molar-refractivity contribution < 1.29 is 13.2 Å². The maximum atomic E-state index is 13.7. The normalized spacial score (nSPS) is 18.2. The lowest BCUT2D eigenvalue weighted by Gasteiger charge is -2.18. The van der Waals surface area contributed by atoms with Crippen LogP contribution in [0.5, 0.6) is 0 Å². The van der Waals surface area contributed by atoms with Crippen LogP contribution in [0.2, 0.25) is 0 Å². The van der Waals surface area contributed by atoms with E-state index in [-0.39, 0.29) is 17.5 Å². The van der Waals surface area contributed by atoms with Crippen LogP contribution >= 0.6 is 0 Å². The third kappa shape index (κ3) is 2.63. The Labute approximate surface area is 98.8 Å². The van der Waals surface area contributed by atoms with Crippen LogP contribution in [0.4, 0.5) is 13.2 Å². The Morgan fingerprint density at radius 2 is 1.88 bits per heavy atom. The Morgan fingerprint density at radius 1 is 1.29 bits per heavy atom. The van der Waals surface area contributed by atoms with E-state index in [2.05, 4.69) is 0 Å². The first-order valence-electron chi connectivity index (χ1n) is 5.67. The summed E-state index contributed by atoms with van der Waals surface area (Å²) in [5.74, 6) is -1.91. The third-order valence-corrected chi connectivity index (χ3v) is 3.22. The Kier molecular flexibility index (Phi) is 2.73. The Morgan fingerprint density at radius 3 is 2.35 bits per heavy atom. The molecule has 0 saturated heterocycles. The number of hydrogen-bond donors (Lipinski definition) is 1. The second-order valence-electron chi connectivity index (χ2n) is 5.44. The van der Waals surface area contributed by atoms with Gasteiger partial charge in [-0.2, -0.15) is 0 Å². The monoisotopic (exact) mass is 243 g/mol. The summed E-state index contributed by atoms with van der Waals surface area (Å²) in [6.07, 6.45) is 1.87. The molecule has 0 spiro atoms. The largest absolute Gasteiger partial charge is 0.325 e. The summed E-state index contributed by atoms with van der Waals surface area (Å²) in [7, 11) is 0. The molecule has 1 aromatic rings. The molecule has 0 aromatic heterocycles. The lowest BCUT2D eigenvalue weighted by atomic mass is 9.94. The first kappa shape index (κ1) is 12.4. The molecule has 1 aliphatic carbocycles. The van der Waals surface area contributed by atoms with Gasteiger partial charge in [0.1, 0.15) is 5.67 Å². The van der Waals surface area contributed by atoms with Crippen molar-refractivity contribution in [1.82, 2.24) is 0 Å². The van der Waals surface area contributed by atoms with Gasteiger partial charge in [0.15, 0.2) is 11.6 Å². The van der Waals surface area contributed by atoms with Gasteiger partial charge in [-0.05, 0) is 56.4 Å². The molecule has 0 atom stereocenters. The minimum Gasteiger partial charge on any atom is -0.325 e. The molecule has 94 valence electrons. The summed E-state index contributed by atoms with van der Waals surface area (Å²) in [5, 5.41) is 0. The maximum Gasteiger partial charge on any atom is 0.162 e. The average molecular weight is 243 g/mol. The van der Waals surface area contributed by atoms with Gasteiger partial charge in [0, 0.05) is 5.54 Å². The topological polar surface area (TPSA) is 26.0 Å². The lowest BCUT2D eigenvalue weighted by Crippen LogP contribution is -2.25. The van der Waals surface area contributed by atoms with Crippen LogP contribution in [0.1, 0.15) is 37.8 Å². The predicted octanol–water partition coefficient (Wildman–Crippen LogP) is 3.20. The zero-order valence-corrected chi connectivity index (χ0v) is 9.99. The minimum absolute atomic E-state index is 0.149. The van der Waals surface area contributed by atoms with Crippen molar-refractivity contribution in [3.63, 3.8) is 0 Å². The molecule has 1 aliphatic rings. The zero-order chi connectivity index (χ0) is 12.8. The fraction of sp³-hybridized carbons (Fsp3) is 0.538. The van der Waals surface area contributed by atoms with Crippen LogP contribution in [0.25, 0.3) is 0 Å². The van der Waals surface area contributed by atoms with Crippen LogP contribution < -0.4 is 5.73 Å². The second kappa shape index (κ2) is 3.73. The van der Waals surface area contributed by atoms with E-state index in [9.17, 15) is 13.2 Å². The molecule has 0 aliphatic heterocycles. The number of hydrogen-bond acceptors (Lipinski definition) is 1. The smallest absolute Gasteiger partial charge is 0.162 e. The molecule has 17 heavy (non-hydrogen) atoms. The van der Waals surface area contributed by atoms with Gasteiger partial charge in [0.05, 0.1) is 0 Å². The molecule has 0 amide bonds.